The van der Waals surface area contributed by atoms with Crippen molar-refractivity contribution in [2.24, 2.45) is 5.92 Å². The van der Waals surface area contributed by atoms with Crippen molar-refractivity contribution in [3.63, 3.8) is 0 Å². The van der Waals surface area contributed by atoms with Crippen molar-refractivity contribution in [2.75, 3.05) is 16.8 Å². The standard InChI is InChI=1S/C23H26N4O5/c1-14(2)20(21(29)25-17(22(30)31)12-15-8-4-3-5-9-15)26-23(32)27-13-19(28)24-16-10-6-7-11-18(16)27/h3-11,14,17,20H,12-13H2,1-2H3,(H,24,28)(H,25,29)(H,26,32)(H,30,31)/t17-,20+/m1/s1. The number of nitrogens with zero attached hydrogens (tertiary/aromatic N) is 1. The van der Waals surface area contributed by atoms with Gasteiger partial charge in [-0.25, -0.2) is 9.59 Å². The van der Waals surface area contributed by atoms with Crippen molar-refractivity contribution in [3.05, 3.63) is 60.2 Å². The van der Waals surface area contributed by atoms with Crippen LogP contribution < -0.4 is 20.9 Å². The van der Waals surface area contributed by atoms with Crippen LogP contribution >= 0.6 is 0 Å². The number of carboxylic acid groups (broad SMARTS) is 1. The molecule has 0 bridgehead atoms. The van der Waals surface area contributed by atoms with E-state index in [1.807, 2.05) is 6.07 Å². The van der Waals surface area contributed by atoms with E-state index in [0.29, 0.717) is 11.4 Å². The number of hydrogen-bond donors (Lipinski definition) is 4. The predicted molar refractivity (Wildman–Crippen MR) is 119 cm³/mol. The fraction of sp³-hybridized carbons (Fsp3) is 0.304. The van der Waals surface area contributed by atoms with Crippen molar-refractivity contribution < 1.29 is 24.3 Å². The van der Waals surface area contributed by atoms with Crippen molar-refractivity contribution in [2.45, 2.75) is 32.4 Å². The Morgan fingerprint density at radius 1 is 1.03 bits per heavy atom. The molecular weight excluding hydrogens is 412 g/mol. The van der Waals surface area contributed by atoms with Crippen molar-refractivity contribution in [3.8, 4) is 0 Å². The molecule has 0 saturated heterocycles. The Morgan fingerprint density at radius 3 is 2.34 bits per heavy atom. The highest BCUT2D eigenvalue weighted by Gasteiger charge is 2.32. The monoisotopic (exact) mass is 438 g/mol. The van der Waals surface area contributed by atoms with Gasteiger partial charge in [0.2, 0.25) is 11.8 Å². The molecule has 3 rings (SSSR count). The third-order valence-corrected chi connectivity index (χ3v) is 5.14. The summed E-state index contributed by atoms with van der Waals surface area (Å²) in [6.07, 6.45) is 0.111. The highest BCUT2D eigenvalue weighted by molar-refractivity contribution is 6.10. The van der Waals surface area contributed by atoms with Crippen LogP contribution in [0.1, 0.15) is 19.4 Å². The van der Waals surface area contributed by atoms with Gasteiger partial charge in [0.25, 0.3) is 0 Å². The smallest absolute Gasteiger partial charge is 0.326 e. The van der Waals surface area contributed by atoms with Gasteiger partial charge in [-0.05, 0) is 23.6 Å². The number of nitrogens with one attached hydrogen (secondary N) is 3. The highest BCUT2D eigenvalue weighted by Crippen LogP contribution is 2.28. The second kappa shape index (κ2) is 9.95. The van der Waals surface area contributed by atoms with Gasteiger partial charge in [0.05, 0.1) is 11.4 Å². The van der Waals surface area contributed by atoms with Crippen LogP contribution in [0.2, 0.25) is 0 Å². The molecule has 0 saturated carbocycles. The van der Waals surface area contributed by atoms with Crippen LogP contribution in [-0.4, -0.2) is 47.5 Å². The number of rotatable bonds is 7. The summed E-state index contributed by atoms with van der Waals surface area (Å²) in [5.74, 6) is -2.44. The van der Waals surface area contributed by atoms with Crippen LogP contribution in [0.25, 0.3) is 0 Å². The van der Waals surface area contributed by atoms with Crippen LogP contribution in [0.5, 0.6) is 0 Å². The lowest BCUT2D eigenvalue weighted by Crippen LogP contribution is -2.57. The van der Waals surface area contributed by atoms with Crippen LogP contribution in [0.4, 0.5) is 16.2 Å². The highest BCUT2D eigenvalue weighted by atomic mass is 16.4. The second-order valence-corrected chi connectivity index (χ2v) is 7.91. The lowest BCUT2D eigenvalue weighted by molar-refractivity contribution is -0.142. The molecule has 1 aliphatic heterocycles. The molecule has 9 nitrogen and oxygen atoms in total. The molecular formula is C23H26N4O5. The number of hydrogen-bond acceptors (Lipinski definition) is 4. The molecule has 1 heterocycles. The molecule has 0 spiro atoms. The first-order valence-corrected chi connectivity index (χ1v) is 10.3. The normalized spacial score (nSPS) is 14.7. The van der Waals surface area contributed by atoms with E-state index in [1.54, 1.807) is 62.4 Å². The molecule has 32 heavy (non-hydrogen) atoms. The molecule has 0 fully saturated rings. The van der Waals surface area contributed by atoms with Gasteiger partial charge in [-0.2, -0.15) is 0 Å². The number of carbonyl (C=O) groups excluding carboxylic acids is 3. The van der Waals surface area contributed by atoms with Gasteiger partial charge in [-0.1, -0.05) is 56.3 Å². The summed E-state index contributed by atoms with van der Waals surface area (Å²) in [4.78, 5) is 50.9. The summed E-state index contributed by atoms with van der Waals surface area (Å²) in [6, 6.07) is 13.1. The Kier molecular flexibility index (Phi) is 7.09. The van der Waals surface area contributed by atoms with Crippen molar-refractivity contribution in [1.82, 2.24) is 10.6 Å². The first kappa shape index (κ1) is 22.8. The van der Waals surface area contributed by atoms with Gasteiger partial charge in [0.1, 0.15) is 18.6 Å². The zero-order chi connectivity index (χ0) is 23.3. The van der Waals surface area contributed by atoms with E-state index in [9.17, 15) is 24.3 Å². The number of carbonyl (C=O) groups is 4. The number of urea groups is 1. The van der Waals surface area contributed by atoms with Gasteiger partial charge in [0, 0.05) is 6.42 Å². The maximum Gasteiger partial charge on any atom is 0.326 e. The molecule has 2 aromatic rings. The lowest BCUT2D eigenvalue weighted by atomic mass is 10.0. The summed E-state index contributed by atoms with van der Waals surface area (Å²) >= 11 is 0. The summed E-state index contributed by atoms with van der Waals surface area (Å²) in [7, 11) is 0. The predicted octanol–water partition coefficient (Wildman–Crippen LogP) is 1.99. The number of benzene rings is 2. The van der Waals surface area contributed by atoms with E-state index in [1.165, 1.54) is 4.90 Å². The van der Waals surface area contributed by atoms with E-state index < -0.39 is 30.0 Å². The molecule has 0 radical (unpaired) electrons. The van der Waals surface area contributed by atoms with E-state index >= 15 is 0 Å². The molecule has 0 unspecified atom stereocenters. The van der Waals surface area contributed by atoms with Crippen LogP contribution in [0, 0.1) is 5.92 Å². The molecule has 4 N–H and O–H groups in total. The van der Waals surface area contributed by atoms with Gasteiger partial charge >= 0.3 is 12.0 Å². The Balaban J connectivity index is 1.73. The van der Waals surface area contributed by atoms with Crippen LogP contribution in [-0.2, 0) is 20.8 Å². The molecule has 0 aliphatic carbocycles. The summed E-state index contributed by atoms with van der Waals surface area (Å²) in [6.45, 7) is 3.30. The minimum absolute atomic E-state index is 0.111. The average molecular weight is 438 g/mol. The van der Waals surface area contributed by atoms with E-state index in [0.717, 1.165) is 5.56 Å². The van der Waals surface area contributed by atoms with E-state index in [4.69, 9.17) is 0 Å². The van der Waals surface area contributed by atoms with E-state index in [2.05, 4.69) is 16.0 Å². The second-order valence-electron chi connectivity index (χ2n) is 7.91. The van der Waals surface area contributed by atoms with Crippen LogP contribution in [0.3, 0.4) is 0 Å². The number of para-hydroxylation sites is 2. The molecule has 2 atom stereocenters. The maximum atomic E-state index is 13.0. The first-order valence-electron chi connectivity index (χ1n) is 10.3. The summed E-state index contributed by atoms with van der Waals surface area (Å²) < 4.78 is 0. The third kappa shape index (κ3) is 5.42. The minimum atomic E-state index is -1.17. The fourth-order valence-corrected chi connectivity index (χ4v) is 3.47. The Hall–Kier alpha value is -3.88. The van der Waals surface area contributed by atoms with Gasteiger partial charge in [0.15, 0.2) is 0 Å². The van der Waals surface area contributed by atoms with Crippen molar-refractivity contribution >= 4 is 35.2 Å². The zero-order valence-electron chi connectivity index (χ0n) is 17.9. The largest absolute Gasteiger partial charge is 0.480 e. The molecule has 9 heteroatoms. The molecule has 2 aromatic carbocycles. The first-order chi connectivity index (χ1) is 15.3. The summed E-state index contributed by atoms with van der Waals surface area (Å²) in [5.41, 5.74) is 1.78. The topological polar surface area (TPSA) is 128 Å². The quantitative estimate of drug-likeness (QED) is 0.526. The van der Waals surface area contributed by atoms with Gasteiger partial charge in [-0.15, -0.1) is 0 Å². The zero-order valence-corrected chi connectivity index (χ0v) is 17.9. The Labute approximate surface area is 185 Å². The summed E-state index contributed by atoms with van der Waals surface area (Å²) in [5, 5.41) is 17.5. The SMILES string of the molecule is CC(C)[C@H](NC(=O)N1CC(=O)Nc2ccccc21)C(=O)N[C@H](Cc1ccccc1)C(=O)O. The number of amides is 4. The number of fused-ring (bicyclic) bond motifs is 1. The molecule has 168 valence electrons. The third-order valence-electron chi connectivity index (χ3n) is 5.14. The molecule has 0 aromatic heterocycles. The van der Waals surface area contributed by atoms with Crippen LogP contribution in [0.15, 0.2) is 54.6 Å². The van der Waals surface area contributed by atoms with Gasteiger partial charge < -0.3 is 21.1 Å². The van der Waals surface area contributed by atoms with E-state index in [-0.39, 0.29) is 24.8 Å². The Bertz CT molecular complexity index is 1010. The Morgan fingerprint density at radius 2 is 1.69 bits per heavy atom. The lowest BCUT2D eigenvalue weighted by Gasteiger charge is -2.31. The van der Waals surface area contributed by atoms with Gasteiger partial charge in [-0.3, -0.25) is 14.5 Å². The maximum absolute atomic E-state index is 13.0. The number of aliphatic carboxylic acids is 1. The fourth-order valence-electron chi connectivity index (χ4n) is 3.47. The average Bonchev–Trinajstić information content (AvgIpc) is 2.76. The minimum Gasteiger partial charge on any atom is -0.480 e. The number of anilines is 2. The molecule has 4 amide bonds. The molecule has 1 aliphatic rings. The van der Waals surface area contributed by atoms with Crippen molar-refractivity contribution in [1.29, 1.82) is 0 Å². The number of carboxylic acids is 1.